The minimum atomic E-state index is -3.78. The molecule has 4 rings (SSSR count). The van der Waals surface area contributed by atoms with Crippen molar-refractivity contribution in [3.05, 3.63) is 77.4 Å². The van der Waals surface area contributed by atoms with Crippen LogP contribution in [0.4, 0.5) is 0 Å². The molecule has 0 saturated heterocycles. The minimum Gasteiger partial charge on any atom is -0.263 e. The fourth-order valence-corrected chi connectivity index (χ4v) is 8.36. The van der Waals surface area contributed by atoms with Crippen LogP contribution in [-0.2, 0) is 14.3 Å². The summed E-state index contributed by atoms with van der Waals surface area (Å²) in [4.78, 5) is 0.227. The lowest BCUT2D eigenvalue weighted by molar-refractivity contribution is 0.112. The van der Waals surface area contributed by atoms with E-state index in [1.165, 1.54) is 32.1 Å². The Bertz CT molecular complexity index is 1220. The molecule has 3 unspecified atom stereocenters. The summed E-state index contributed by atoms with van der Waals surface area (Å²) in [6, 6.07) is 6.88. The number of hydrogen-bond donors (Lipinski definition) is 0. The van der Waals surface area contributed by atoms with E-state index in [1.54, 1.807) is 17.7 Å². The molecule has 0 bridgehead atoms. The van der Waals surface area contributed by atoms with E-state index in [-0.39, 0.29) is 11.0 Å². The van der Waals surface area contributed by atoms with Crippen LogP contribution in [0.25, 0.3) is 0 Å². The molecule has 0 aromatic heterocycles. The SMILES string of the molecule is C=C1CC[C@H](OS(=O)(=O)c2ccc(C)cc2)C/C1=C/C=C1\CCCC2(C)C1CCC2[C@H](C)/C=C/[C@H](C)C(C)C. The van der Waals surface area contributed by atoms with Crippen molar-refractivity contribution in [1.29, 1.82) is 0 Å². The Kier molecular flexibility index (Phi) is 9.49. The summed E-state index contributed by atoms with van der Waals surface area (Å²) in [6.07, 6.45) is 17.5. The van der Waals surface area contributed by atoms with Crippen molar-refractivity contribution in [3.8, 4) is 0 Å². The number of benzene rings is 1. The molecule has 39 heavy (non-hydrogen) atoms. The molecule has 0 radical (unpaired) electrons. The van der Waals surface area contributed by atoms with Gasteiger partial charge in [0.15, 0.2) is 0 Å². The Labute approximate surface area is 238 Å². The first kappa shape index (κ1) is 30.1. The van der Waals surface area contributed by atoms with Gasteiger partial charge < -0.3 is 0 Å². The van der Waals surface area contributed by atoms with Crippen molar-refractivity contribution >= 4 is 10.1 Å². The fourth-order valence-electron chi connectivity index (χ4n) is 7.25. The van der Waals surface area contributed by atoms with Crippen LogP contribution in [0.3, 0.4) is 0 Å². The number of hydrogen-bond acceptors (Lipinski definition) is 3. The molecule has 3 aliphatic rings. The third-order valence-corrected chi connectivity index (χ3v) is 11.6. The maximum atomic E-state index is 12.9. The highest BCUT2D eigenvalue weighted by Gasteiger charge is 2.50. The first-order chi connectivity index (χ1) is 18.4. The molecule has 0 spiro atoms. The second kappa shape index (κ2) is 12.3. The number of aryl methyl sites for hydroxylation is 1. The van der Waals surface area contributed by atoms with Crippen LogP contribution < -0.4 is 0 Å². The van der Waals surface area contributed by atoms with Crippen LogP contribution in [0.15, 0.2) is 76.8 Å². The van der Waals surface area contributed by atoms with Crippen molar-refractivity contribution in [2.75, 3.05) is 0 Å². The molecule has 3 fully saturated rings. The average molecular weight is 551 g/mol. The van der Waals surface area contributed by atoms with Crippen LogP contribution in [0.5, 0.6) is 0 Å². The highest BCUT2D eigenvalue weighted by Crippen LogP contribution is 2.59. The maximum Gasteiger partial charge on any atom is 0.297 e. The summed E-state index contributed by atoms with van der Waals surface area (Å²) in [7, 11) is -3.78. The fraction of sp³-hybridized carbons (Fsp3) is 0.600. The van der Waals surface area contributed by atoms with E-state index in [9.17, 15) is 8.42 Å². The Morgan fingerprint density at radius 1 is 1.00 bits per heavy atom. The van der Waals surface area contributed by atoms with Gasteiger partial charge in [0.05, 0.1) is 11.0 Å². The second-order valence-corrected chi connectivity index (χ2v) is 14.8. The first-order valence-electron chi connectivity index (χ1n) is 15.2. The van der Waals surface area contributed by atoms with E-state index < -0.39 is 10.1 Å². The van der Waals surface area contributed by atoms with Crippen molar-refractivity contribution in [1.82, 2.24) is 0 Å². The summed E-state index contributed by atoms with van der Waals surface area (Å²) in [5, 5.41) is 0. The third-order valence-electron chi connectivity index (χ3n) is 10.2. The van der Waals surface area contributed by atoms with Gasteiger partial charge in [0.2, 0.25) is 0 Å². The zero-order valence-corrected chi connectivity index (χ0v) is 25.9. The Morgan fingerprint density at radius 2 is 1.72 bits per heavy atom. The summed E-state index contributed by atoms with van der Waals surface area (Å²) < 4.78 is 31.5. The smallest absolute Gasteiger partial charge is 0.263 e. The standard InChI is InChI=1S/C35H50O3S/c1-24(2)26(4)12-13-28(6)33-20-21-34-29(9-8-22-35(33,34)7)15-16-30-23-31(17-14-27(30)5)38-39(36,37)32-18-10-25(3)11-19-32/h10-13,15-16,18-19,24,26,28,31,33-34H,5,8-9,14,17,20-23H2,1-4,6-7H3/b13-12+,29-15+,30-16-/t26-,28+,31-,33?,34?,35?/m0/s1. The molecule has 1 aromatic rings. The van der Waals surface area contributed by atoms with E-state index in [0.717, 1.165) is 29.0 Å². The number of fused-ring (bicyclic) bond motifs is 1. The summed E-state index contributed by atoms with van der Waals surface area (Å²) in [5.41, 5.74) is 5.21. The van der Waals surface area contributed by atoms with Gasteiger partial charge in [0, 0.05) is 6.42 Å². The van der Waals surface area contributed by atoms with Crippen molar-refractivity contribution in [3.63, 3.8) is 0 Å². The third kappa shape index (κ3) is 6.88. The van der Waals surface area contributed by atoms with Gasteiger partial charge in [-0.2, -0.15) is 8.42 Å². The van der Waals surface area contributed by atoms with Gasteiger partial charge in [-0.15, -0.1) is 0 Å². The van der Waals surface area contributed by atoms with Crippen LogP contribution in [0.2, 0.25) is 0 Å². The molecule has 4 heteroatoms. The van der Waals surface area contributed by atoms with E-state index in [0.29, 0.717) is 41.9 Å². The van der Waals surface area contributed by atoms with E-state index >= 15 is 0 Å². The summed E-state index contributed by atoms with van der Waals surface area (Å²) >= 11 is 0. The minimum absolute atomic E-state index is 0.227. The topological polar surface area (TPSA) is 43.4 Å². The number of rotatable bonds is 8. The van der Waals surface area contributed by atoms with Crippen LogP contribution in [0.1, 0.15) is 91.5 Å². The predicted octanol–water partition coefficient (Wildman–Crippen LogP) is 9.36. The quantitative estimate of drug-likeness (QED) is 0.239. The molecule has 0 N–H and O–H groups in total. The second-order valence-electron chi connectivity index (χ2n) is 13.2. The Morgan fingerprint density at radius 3 is 2.41 bits per heavy atom. The molecular formula is C35H50O3S. The highest BCUT2D eigenvalue weighted by molar-refractivity contribution is 7.86. The molecular weight excluding hydrogens is 500 g/mol. The van der Waals surface area contributed by atoms with Crippen molar-refractivity contribution in [2.24, 2.45) is 35.0 Å². The maximum absolute atomic E-state index is 12.9. The molecule has 0 amide bonds. The normalized spacial score (nSPS) is 31.8. The van der Waals surface area contributed by atoms with Gasteiger partial charge in [0.25, 0.3) is 10.1 Å². The number of allylic oxidation sites excluding steroid dienone is 6. The Hall–Kier alpha value is -1.91. The van der Waals surface area contributed by atoms with E-state index in [1.807, 2.05) is 19.1 Å². The molecule has 0 aliphatic heterocycles. The van der Waals surface area contributed by atoms with E-state index in [4.69, 9.17) is 4.18 Å². The van der Waals surface area contributed by atoms with Crippen LogP contribution >= 0.6 is 0 Å². The zero-order valence-electron chi connectivity index (χ0n) is 25.1. The lowest BCUT2D eigenvalue weighted by atomic mass is 9.61. The lowest BCUT2D eigenvalue weighted by Gasteiger charge is -2.44. The molecule has 214 valence electrons. The van der Waals surface area contributed by atoms with Gasteiger partial charge in [-0.25, -0.2) is 0 Å². The zero-order chi connectivity index (χ0) is 28.4. The van der Waals surface area contributed by atoms with Crippen molar-refractivity contribution in [2.45, 2.75) is 104 Å². The van der Waals surface area contributed by atoms with Crippen LogP contribution in [-0.4, -0.2) is 14.5 Å². The molecule has 3 saturated carbocycles. The monoisotopic (exact) mass is 550 g/mol. The van der Waals surface area contributed by atoms with Gasteiger partial charge in [-0.05, 0) is 105 Å². The first-order valence-corrected chi connectivity index (χ1v) is 16.6. The largest absolute Gasteiger partial charge is 0.297 e. The predicted molar refractivity (Wildman–Crippen MR) is 163 cm³/mol. The van der Waals surface area contributed by atoms with E-state index in [2.05, 4.69) is 65.5 Å². The summed E-state index contributed by atoms with van der Waals surface area (Å²) in [6.45, 7) is 18.2. The molecule has 3 aliphatic carbocycles. The molecule has 6 atom stereocenters. The average Bonchev–Trinajstić information content (AvgIpc) is 3.25. The van der Waals surface area contributed by atoms with Gasteiger partial charge >= 0.3 is 0 Å². The summed E-state index contributed by atoms with van der Waals surface area (Å²) in [5.74, 6) is 3.26. The van der Waals surface area contributed by atoms with Gasteiger partial charge in [-0.3, -0.25) is 4.18 Å². The van der Waals surface area contributed by atoms with Gasteiger partial charge in [0.1, 0.15) is 0 Å². The lowest BCUT2D eigenvalue weighted by Crippen LogP contribution is -2.35. The van der Waals surface area contributed by atoms with Gasteiger partial charge in [-0.1, -0.05) is 94.3 Å². The van der Waals surface area contributed by atoms with Crippen molar-refractivity contribution < 1.29 is 12.6 Å². The Balaban J connectivity index is 1.46. The van der Waals surface area contributed by atoms with Crippen LogP contribution in [0, 0.1) is 41.9 Å². The molecule has 3 nitrogen and oxygen atoms in total. The molecule has 1 aromatic carbocycles. The highest BCUT2D eigenvalue weighted by atomic mass is 32.2. The molecule has 0 heterocycles.